The van der Waals surface area contributed by atoms with Crippen LogP contribution in [0, 0.1) is 18.8 Å². The van der Waals surface area contributed by atoms with Crippen molar-refractivity contribution in [3.8, 4) is 0 Å². The number of aryl methyl sites for hydroxylation is 1. The summed E-state index contributed by atoms with van der Waals surface area (Å²) >= 11 is 0. The molecule has 3 aliphatic heterocycles. The molecule has 3 aliphatic rings. The van der Waals surface area contributed by atoms with Crippen LogP contribution >= 0.6 is 0 Å². The molecular formula is C19H21NO4. The van der Waals surface area contributed by atoms with Gasteiger partial charge in [-0.2, -0.15) is 0 Å². The SMILES string of the molecule is Cc1ccccc1N1C[C@]23C=C[C@H](O2)[C@H](C(=O)OC(C)C)[C@H]3C1=O. The van der Waals surface area contributed by atoms with Gasteiger partial charge in [-0.15, -0.1) is 0 Å². The molecule has 0 radical (unpaired) electrons. The van der Waals surface area contributed by atoms with Crippen molar-refractivity contribution in [3.63, 3.8) is 0 Å². The maximum atomic E-state index is 13.1. The molecule has 4 rings (SSSR count). The van der Waals surface area contributed by atoms with E-state index in [1.807, 2.05) is 57.2 Å². The number of nitrogens with zero attached hydrogens (tertiary/aromatic N) is 1. The van der Waals surface area contributed by atoms with E-state index in [-0.39, 0.29) is 24.1 Å². The largest absolute Gasteiger partial charge is 0.463 e. The minimum atomic E-state index is -0.704. The molecule has 126 valence electrons. The fraction of sp³-hybridized carbons (Fsp3) is 0.474. The van der Waals surface area contributed by atoms with Crippen molar-refractivity contribution in [2.75, 3.05) is 11.4 Å². The number of benzene rings is 1. The molecule has 2 bridgehead atoms. The number of hydrogen-bond acceptors (Lipinski definition) is 4. The average Bonchev–Trinajstić information content (AvgIpc) is 3.15. The highest BCUT2D eigenvalue weighted by molar-refractivity contribution is 6.03. The number of fused-ring (bicyclic) bond motifs is 1. The summed E-state index contributed by atoms with van der Waals surface area (Å²) in [5.74, 6) is -1.45. The fourth-order valence-corrected chi connectivity index (χ4v) is 4.15. The summed E-state index contributed by atoms with van der Waals surface area (Å²) in [7, 11) is 0. The Bertz CT molecular complexity index is 741. The topological polar surface area (TPSA) is 55.8 Å². The average molecular weight is 327 g/mol. The van der Waals surface area contributed by atoms with E-state index in [1.54, 1.807) is 4.90 Å². The number of carbonyl (C=O) groups is 2. The van der Waals surface area contributed by atoms with E-state index in [1.165, 1.54) is 0 Å². The Labute approximate surface area is 141 Å². The van der Waals surface area contributed by atoms with Crippen LogP contribution < -0.4 is 4.90 Å². The zero-order valence-electron chi connectivity index (χ0n) is 14.1. The molecule has 0 N–H and O–H groups in total. The van der Waals surface area contributed by atoms with Gasteiger partial charge in [-0.1, -0.05) is 30.4 Å². The lowest BCUT2D eigenvalue weighted by molar-refractivity contribution is -0.156. The molecule has 0 saturated carbocycles. The number of para-hydroxylation sites is 1. The van der Waals surface area contributed by atoms with Gasteiger partial charge in [0.15, 0.2) is 0 Å². The first-order valence-corrected chi connectivity index (χ1v) is 8.37. The quantitative estimate of drug-likeness (QED) is 0.631. The van der Waals surface area contributed by atoms with Crippen molar-refractivity contribution < 1.29 is 19.1 Å². The third-order valence-electron chi connectivity index (χ3n) is 5.13. The number of ether oxygens (including phenoxy) is 2. The number of amides is 1. The van der Waals surface area contributed by atoms with Gasteiger partial charge >= 0.3 is 5.97 Å². The summed E-state index contributed by atoms with van der Waals surface area (Å²) < 4.78 is 11.5. The van der Waals surface area contributed by atoms with Crippen molar-refractivity contribution in [1.29, 1.82) is 0 Å². The standard InChI is InChI=1S/C19H21NO4/c1-11(2)23-18(22)15-14-8-9-19(24-14)10-20(17(21)16(15)19)13-7-5-4-6-12(13)3/h4-9,11,14-16H,10H2,1-3H3/t14-,15-,16-,19-/m0/s1. The van der Waals surface area contributed by atoms with Crippen LogP contribution in [0.5, 0.6) is 0 Å². The molecule has 1 spiro atoms. The number of esters is 1. The monoisotopic (exact) mass is 327 g/mol. The minimum absolute atomic E-state index is 0.0538. The molecule has 5 nitrogen and oxygen atoms in total. The van der Waals surface area contributed by atoms with Gasteiger partial charge in [-0.05, 0) is 32.4 Å². The van der Waals surface area contributed by atoms with Gasteiger partial charge in [-0.3, -0.25) is 9.59 Å². The molecule has 24 heavy (non-hydrogen) atoms. The molecule has 5 heteroatoms. The van der Waals surface area contributed by atoms with Crippen molar-refractivity contribution in [2.24, 2.45) is 11.8 Å². The van der Waals surface area contributed by atoms with Crippen LogP contribution in [0.25, 0.3) is 0 Å². The van der Waals surface area contributed by atoms with Crippen LogP contribution in [0.2, 0.25) is 0 Å². The summed E-state index contributed by atoms with van der Waals surface area (Å²) in [5, 5.41) is 0. The summed E-state index contributed by atoms with van der Waals surface area (Å²) in [4.78, 5) is 27.4. The molecule has 3 heterocycles. The molecule has 4 atom stereocenters. The third kappa shape index (κ3) is 2.04. The second-order valence-corrected chi connectivity index (χ2v) is 7.10. The number of carbonyl (C=O) groups excluding carboxylic acids is 2. The van der Waals surface area contributed by atoms with Crippen molar-refractivity contribution in [3.05, 3.63) is 42.0 Å². The number of hydrogen-bond donors (Lipinski definition) is 0. The first-order chi connectivity index (χ1) is 11.4. The normalized spacial score (nSPS) is 33.4. The summed E-state index contributed by atoms with van der Waals surface area (Å²) in [5.41, 5.74) is 1.20. The lowest BCUT2D eigenvalue weighted by atomic mass is 9.77. The number of rotatable bonds is 3. The van der Waals surface area contributed by atoms with Gasteiger partial charge in [-0.25, -0.2) is 0 Å². The second kappa shape index (κ2) is 5.18. The molecule has 0 aromatic heterocycles. The van der Waals surface area contributed by atoms with Gasteiger partial charge in [0.2, 0.25) is 5.91 Å². The maximum Gasteiger partial charge on any atom is 0.313 e. The Morgan fingerprint density at radius 1 is 1.38 bits per heavy atom. The molecule has 0 unspecified atom stereocenters. The summed E-state index contributed by atoms with van der Waals surface area (Å²) in [6, 6.07) is 7.78. The van der Waals surface area contributed by atoms with E-state index in [9.17, 15) is 9.59 Å². The zero-order chi connectivity index (χ0) is 17.1. The van der Waals surface area contributed by atoms with E-state index in [0.29, 0.717) is 6.54 Å². The van der Waals surface area contributed by atoms with Crippen LogP contribution in [0.3, 0.4) is 0 Å². The van der Waals surface area contributed by atoms with Crippen LogP contribution in [-0.4, -0.2) is 36.2 Å². The minimum Gasteiger partial charge on any atom is -0.463 e. The Kier molecular flexibility index (Phi) is 3.32. The molecular weight excluding hydrogens is 306 g/mol. The predicted octanol–water partition coefficient (Wildman–Crippen LogP) is 2.23. The zero-order valence-corrected chi connectivity index (χ0v) is 14.1. The van der Waals surface area contributed by atoms with Gasteiger partial charge in [0.25, 0.3) is 0 Å². The van der Waals surface area contributed by atoms with Crippen LogP contribution in [0.1, 0.15) is 19.4 Å². The lowest BCUT2D eigenvalue weighted by Crippen LogP contribution is -2.40. The maximum absolute atomic E-state index is 13.1. The van der Waals surface area contributed by atoms with Gasteiger partial charge < -0.3 is 14.4 Å². The fourth-order valence-electron chi connectivity index (χ4n) is 4.15. The molecule has 2 saturated heterocycles. The smallest absolute Gasteiger partial charge is 0.313 e. The van der Waals surface area contributed by atoms with Crippen molar-refractivity contribution in [1.82, 2.24) is 0 Å². The van der Waals surface area contributed by atoms with Crippen LogP contribution in [0.15, 0.2) is 36.4 Å². The lowest BCUT2D eigenvalue weighted by Gasteiger charge is -2.23. The Hall–Kier alpha value is -2.14. The Balaban J connectivity index is 1.69. The number of anilines is 1. The predicted molar refractivity (Wildman–Crippen MR) is 88.5 cm³/mol. The van der Waals surface area contributed by atoms with E-state index in [2.05, 4.69) is 0 Å². The first kappa shape index (κ1) is 15.4. The van der Waals surface area contributed by atoms with Crippen LogP contribution in [-0.2, 0) is 19.1 Å². The van der Waals surface area contributed by atoms with E-state index in [0.717, 1.165) is 11.3 Å². The first-order valence-electron chi connectivity index (χ1n) is 8.37. The molecule has 1 aromatic rings. The molecule has 1 amide bonds. The Morgan fingerprint density at radius 2 is 2.12 bits per heavy atom. The van der Waals surface area contributed by atoms with Gasteiger partial charge in [0.05, 0.1) is 24.7 Å². The van der Waals surface area contributed by atoms with Crippen molar-refractivity contribution in [2.45, 2.75) is 38.6 Å². The summed E-state index contributed by atoms with van der Waals surface area (Å²) in [6.45, 7) is 6.05. The van der Waals surface area contributed by atoms with Gasteiger partial charge in [0, 0.05) is 5.69 Å². The van der Waals surface area contributed by atoms with E-state index < -0.39 is 17.4 Å². The summed E-state index contributed by atoms with van der Waals surface area (Å²) in [6.07, 6.45) is 3.29. The molecule has 1 aromatic carbocycles. The highest BCUT2D eigenvalue weighted by atomic mass is 16.6. The Morgan fingerprint density at radius 3 is 2.83 bits per heavy atom. The van der Waals surface area contributed by atoms with Crippen molar-refractivity contribution >= 4 is 17.6 Å². The molecule has 2 fully saturated rings. The van der Waals surface area contributed by atoms with E-state index >= 15 is 0 Å². The van der Waals surface area contributed by atoms with Gasteiger partial charge in [0.1, 0.15) is 11.5 Å². The highest BCUT2D eigenvalue weighted by Gasteiger charge is 2.67. The third-order valence-corrected chi connectivity index (χ3v) is 5.13. The second-order valence-electron chi connectivity index (χ2n) is 7.10. The molecule has 0 aliphatic carbocycles. The van der Waals surface area contributed by atoms with Crippen LogP contribution in [0.4, 0.5) is 5.69 Å². The highest BCUT2D eigenvalue weighted by Crippen LogP contribution is 2.53. The van der Waals surface area contributed by atoms with E-state index in [4.69, 9.17) is 9.47 Å².